The third-order valence-electron chi connectivity index (χ3n) is 1.91. The standard InChI is InChI=1S/C10H12N4O4/c11-5-7(1-3-9(15)16)13-14-8(6-12)2-4-10(17)18/h7-8H,1-4H2,(H,15,16)(H,17,18)/b14-13+. The van der Waals surface area contributed by atoms with Crippen LogP contribution in [0.15, 0.2) is 10.2 Å². The average Bonchev–Trinajstić information content (AvgIpc) is 2.32. The van der Waals surface area contributed by atoms with Crippen molar-refractivity contribution in [3.05, 3.63) is 0 Å². The fraction of sp³-hybridized carbons (Fsp3) is 0.600. The quantitative estimate of drug-likeness (QED) is 0.614. The zero-order valence-electron chi connectivity index (χ0n) is 9.48. The van der Waals surface area contributed by atoms with Crippen molar-refractivity contribution >= 4 is 11.9 Å². The second-order valence-corrected chi connectivity index (χ2v) is 3.39. The number of rotatable bonds is 8. The van der Waals surface area contributed by atoms with Crippen LogP contribution in [0.4, 0.5) is 0 Å². The topological polar surface area (TPSA) is 147 Å². The highest BCUT2D eigenvalue weighted by atomic mass is 16.4. The number of azo groups is 1. The molecule has 0 aliphatic rings. The molecule has 8 nitrogen and oxygen atoms in total. The highest BCUT2D eigenvalue weighted by molar-refractivity contribution is 5.67. The Labute approximate surface area is 103 Å². The molecular formula is C10H12N4O4. The number of hydrogen-bond acceptors (Lipinski definition) is 6. The lowest BCUT2D eigenvalue weighted by atomic mass is 10.2. The van der Waals surface area contributed by atoms with Crippen LogP contribution in [0.25, 0.3) is 0 Å². The van der Waals surface area contributed by atoms with E-state index in [2.05, 4.69) is 10.2 Å². The molecule has 2 unspecified atom stereocenters. The number of nitriles is 2. The number of aliphatic carboxylic acids is 2. The van der Waals surface area contributed by atoms with Gasteiger partial charge in [-0.1, -0.05) is 0 Å². The van der Waals surface area contributed by atoms with E-state index < -0.39 is 24.0 Å². The molecule has 0 saturated heterocycles. The number of carboxylic acid groups (broad SMARTS) is 2. The summed E-state index contributed by atoms with van der Waals surface area (Å²) in [7, 11) is 0. The predicted molar refractivity (Wildman–Crippen MR) is 57.4 cm³/mol. The molecule has 0 aliphatic carbocycles. The Morgan fingerprint density at radius 1 is 0.944 bits per heavy atom. The minimum absolute atomic E-state index is 0.00636. The van der Waals surface area contributed by atoms with E-state index in [0.717, 1.165) is 0 Å². The van der Waals surface area contributed by atoms with Crippen molar-refractivity contribution in [1.82, 2.24) is 0 Å². The van der Waals surface area contributed by atoms with E-state index in [1.807, 2.05) is 0 Å². The molecule has 2 N–H and O–H groups in total. The normalized spacial score (nSPS) is 13.4. The van der Waals surface area contributed by atoms with Gasteiger partial charge in [0.1, 0.15) is 0 Å². The molecule has 8 heteroatoms. The van der Waals surface area contributed by atoms with Crippen LogP contribution in [0.2, 0.25) is 0 Å². The van der Waals surface area contributed by atoms with Crippen molar-refractivity contribution in [3.63, 3.8) is 0 Å². The lowest BCUT2D eigenvalue weighted by molar-refractivity contribution is -0.138. The van der Waals surface area contributed by atoms with E-state index in [4.69, 9.17) is 20.7 Å². The van der Waals surface area contributed by atoms with Crippen molar-refractivity contribution in [2.45, 2.75) is 37.8 Å². The van der Waals surface area contributed by atoms with E-state index in [0.29, 0.717) is 0 Å². The lowest BCUT2D eigenvalue weighted by Crippen LogP contribution is -2.08. The molecule has 0 aliphatic heterocycles. The Hall–Kier alpha value is -2.48. The summed E-state index contributed by atoms with van der Waals surface area (Å²) >= 11 is 0. The SMILES string of the molecule is N#CC(CCC(=O)O)/N=N/C(C#N)CCC(=O)O. The van der Waals surface area contributed by atoms with E-state index in [9.17, 15) is 9.59 Å². The largest absolute Gasteiger partial charge is 0.481 e. The summed E-state index contributed by atoms with van der Waals surface area (Å²) in [6, 6.07) is 1.65. The minimum atomic E-state index is -1.05. The Kier molecular flexibility index (Phi) is 7.46. The molecule has 0 saturated carbocycles. The van der Waals surface area contributed by atoms with Gasteiger partial charge in [0.25, 0.3) is 0 Å². The summed E-state index contributed by atoms with van der Waals surface area (Å²) in [5.74, 6) is -2.10. The molecule has 0 aromatic carbocycles. The summed E-state index contributed by atoms with van der Waals surface area (Å²) < 4.78 is 0. The molecule has 0 amide bonds. The molecule has 0 aromatic heterocycles. The second kappa shape index (κ2) is 8.65. The monoisotopic (exact) mass is 252 g/mol. The van der Waals surface area contributed by atoms with Crippen molar-refractivity contribution in [2.75, 3.05) is 0 Å². The van der Waals surface area contributed by atoms with Gasteiger partial charge in [0.2, 0.25) is 0 Å². The molecule has 0 heterocycles. The first kappa shape index (κ1) is 15.5. The highest BCUT2D eigenvalue weighted by Gasteiger charge is 2.11. The van der Waals surface area contributed by atoms with Gasteiger partial charge in [-0.2, -0.15) is 20.8 Å². The van der Waals surface area contributed by atoms with E-state index in [-0.39, 0.29) is 25.7 Å². The third-order valence-corrected chi connectivity index (χ3v) is 1.91. The molecule has 2 atom stereocenters. The Morgan fingerprint density at radius 3 is 1.50 bits per heavy atom. The molecule has 0 rings (SSSR count). The van der Waals surface area contributed by atoms with Gasteiger partial charge >= 0.3 is 11.9 Å². The van der Waals surface area contributed by atoms with Crippen LogP contribution >= 0.6 is 0 Å². The van der Waals surface area contributed by atoms with Gasteiger partial charge in [0.05, 0.1) is 12.1 Å². The molecule has 0 fully saturated rings. The van der Waals surface area contributed by atoms with E-state index >= 15 is 0 Å². The summed E-state index contributed by atoms with van der Waals surface area (Å²) in [4.78, 5) is 20.6. The van der Waals surface area contributed by atoms with Gasteiger partial charge in [-0.25, -0.2) is 0 Å². The number of hydrogen-bond donors (Lipinski definition) is 2. The van der Waals surface area contributed by atoms with Crippen molar-refractivity contribution < 1.29 is 19.8 Å². The summed E-state index contributed by atoms with van der Waals surface area (Å²) in [6.45, 7) is 0. The van der Waals surface area contributed by atoms with Gasteiger partial charge in [0, 0.05) is 12.8 Å². The van der Waals surface area contributed by atoms with Crippen molar-refractivity contribution in [3.8, 4) is 12.1 Å². The Balaban J connectivity index is 4.29. The van der Waals surface area contributed by atoms with Gasteiger partial charge in [-0.15, -0.1) is 0 Å². The number of carbonyl (C=O) groups is 2. The summed E-state index contributed by atoms with van der Waals surface area (Å²) in [6.07, 6.45) is -0.425. The van der Waals surface area contributed by atoms with Crippen LogP contribution in [-0.4, -0.2) is 34.2 Å². The van der Waals surface area contributed by atoms with Crippen LogP contribution in [0.5, 0.6) is 0 Å². The number of carboxylic acids is 2. The van der Waals surface area contributed by atoms with Crippen LogP contribution < -0.4 is 0 Å². The molecule has 96 valence electrons. The molecule has 0 aromatic rings. The van der Waals surface area contributed by atoms with E-state index in [1.54, 1.807) is 12.1 Å². The van der Waals surface area contributed by atoms with Gasteiger partial charge in [0.15, 0.2) is 12.1 Å². The minimum Gasteiger partial charge on any atom is -0.481 e. The Morgan fingerprint density at radius 2 is 1.28 bits per heavy atom. The average molecular weight is 252 g/mol. The maximum Gasteiger partial charge on any atom is 0.303 e. The maximum absolute atomic E-state index is 10.3. The smallest absolute Gasteiger partial charge is 0.303 e. The first-order valence-corrected chi connectivity index (χ1v) is 5.12. The Bertz CT molecular complexity index is 369. The summed E-state index contributed by atoms with van der Waals surface area (Å²) in [5.41, 5.74) is 0. The highest BCUT2D eigenvalue weighted by Crippen LogP contribution is 2.06. The number of nitrogens with zero attached hydrogens (tertiary/aromatic N) is 4. The van der Waals surface area contributed by atoms with Crippen molar-refractivity contribution in [2.24, 2.45) is 10.2 Å². The maximum atomic E-state index is 10.3. The lowest BCUT2D eigenvalue weighted by Gasteiger charge is -2.02. The molecular weight excluding hydrogens is 240 g/mol. The second-order valence-electron chi connectivity index (χ2n) is 3.39. The zero-order valence-corrected chi connectivity index (χ0v) is 9.48. The molecule has 18 heavy (non-hydrogen) atoms. The first-order valence-electron chi connectivity index (χ1n) is 5.12. The van der Waals surface area contributed by atoms with Crippen LogP contribution in [-0.2, 0) is 9.59 Å². The van der Waals surface area contributed by atoms with E-state index in [1.165, 1.54) is 0 Å². The van der Waals surface area contributed by atoms with Gasteiger partial charge < -0.3 is 10.2 Å². The fourth-order valence-electron chi connectivity index (χ4n) is 0.978. The fourth-order valence-corrected chi connectivity index (χ4v) is 0.978. The van der Waals surface area contributed by atoms with Crippen LogP contribution in [0.1, 0.15) is 25.7 Å². The predicted octanol–water partition coefficient (Wildman–Crippen LogP) is 0.953. The van der Waals surface area contributed by atoms with Crippen LogP contribution in [0.3, 0.4) is 0 Å². The van der Waals surface area contributed by atoms with Gasteiger partial charge in [-0.05, 0) is 12.8 Å². The first-order chi connectivity index (χ1) is 8.49. The molecule has 0 radical (unpaired) electrons. The zero-order chi connectivity index (χ0) is 14.0. The molecule has 0 spiro atoms. The van der Waals surface area contributed by atoms with Crippen molar-refractivity contribution in [1.29, 1.82) is 10.5 Å². The molecule has 0 bridgehead atoms. The third kappa shape index (κ3) is 7.77. The van der Waals surface area contributed by atoms with Gasteiger partial charge in [-0.3, -0.25) is 9.59 Å². The van der Waals surface area contributed by atoms with Crippen LogP contribution in [0, 0.1) is 22.7 Å². The summed E-state index contributed by atoms with van der Waals surface area (Å²) in [5, 5.41) is 41.3.